The first-order valence-corrected chi connectivity index (χ1v) is 18.6. The molecular formula is C51H48N3OPt-. The Balaban J connectivity index is 0.00000266. The van der Waals surface area contributed by atoms with Crippen LogP contribution < -0.4 is 0 Å². The zero-order chi connectivity index (χ0) is 37.6. The molecule has 8 aromatic rings. The summed E-state index contributed by atoms with van der Waals surface area (Å²) in [5.74, 6) is 0.931. The molecule has 5 heteroatoms. The molecule has 0 radical (unpaired) electrons. The fraction of sp³-hybridized carbons (Fsp3) is 0.176. The largest absolute Gasteiger partial charge is 0.507 e. The molecule has 0 aliphatic carbocycles. The van der Waals surface area contributed by atoms with Crippen LogP contribution in [0.3, 0.4) is 0 Å². The van der Waals surface area contributed by atoms with E-state index >= 15 is 0 Å². The predicted octanol–water partition coefficient (Wildman–Crippen LogP) is 13.5. The van der Waals surface area contributed by atoms with E-state index in [1.807, 2.05) is 36.5 Å². The van der Waals surface area contributed by atoms with Gasteiger partial charge >= 0.3 is 0 Å². The van der Waals surface area contributed by atoms with Crippen LogP contribution in [0, 0.1) is 6.07 Å². The molecule has 0 bridgehead atoms. The van der Waals surface area contributed by atoms with Crippen LogP contribution in [0.2, 0.25) is 0 Å². The first kappa shape index (κ1) is 40.1. The fourth-order valence-corrected chi connectivity index (χ4v) is 7.25. The Morgan fingerprint density at radius 1 is 0.571 bits per heavy atom. The molecule has 0 unspecified atom stereocenters. The van der Waals surface area contributed by atoms with E-state index in [0.29, 0.717) is 11.4 Å². The number of fused-ring (bicyclic) bond motifs is 1. The van der Waals surface area contributed by atoms with Gasteiger partial charge in [-0.3, -0.25) is 9.55 Å². The van der Waals surface area contributed by atoms with E-state index in [9.17, 15) is 5.11 Å². The number of hydrogen-bond donors (Lipinski definition) is 1. The van der Waals surface area contributed by atoms with Gasteiger partial charge in [0, 0.05) is 44.1 Å². The fourth-order valence-electron chi connectivity index (χ4n) is 7.25. The van der Waals surface area contributed by atoms with Crippen molar-refractivity contribution < 1.29 is 26.2 Å². The zero-order valence-corrected chi connectivity index (χ0v) is 34.3. The van der Waals surface area contributed by atoms with E-state index < -0.39 is 0 Å². The van der Waals surface area contributed by atoms with Crippen molar-refractivity contribution in [1.82, 2.24) is 14.5 Å². The van der Waals surface area contributed by atoms with Crippen molar-refractivity contribution in [2.75, 3.05) is 0 Å². The van der Waals surface area contributed by atoms with Gasteiger partial charge in [-0.2, -0.15) is 0 Å². The van der Waals surface area contributed by atoms with E-state index in [0.717, 1.165) is 72.5 Å². The third-order valence-electron chi connectivity index (χ3n) is 10.1. The minimum atomic E-state index is -0.307. The summed E-state index contributed by atoms with van der Waals surface area (Å²) in [5.41, 5.74) is 13.0. The molecule has 0 aliphatic rings. The quantitative estimate of drug-likeness (QED) is 0.169. The van der Waals surface area contributed by atoms with Gasteiger partial charge in [0.05, 0.1) is 22.3 Å². The second-order valence-corrected chi connectivity index (χ2v) is 16.0. The van der Waals surface area contributed by atoms with Gasteiger partial charge in [-0.05, 0) is 51.8 Å². The number of hydrogen-bond acceptors (Lipinski definition) is 3. The van der Waals surface area contributed by atoms with E-state index in [1.54, 1.807) is 0 Å². The molecule has 8 rings (SSSR count). The van der Waals surface area contributed by atoms with Crippen molar-refractivity contribution in [3.8, 4) is 67.5 Å². The van der Waals surface area contributed by atoms with Crippen LogP contribution in [0.4, 0.5) is 0 Å². The molecule has 4 nitrogen and oxygen atoms in total. The van der Waals surface area contributed by atoms with E-state index in [1.165, 1.54) is 0 Å². The first-order valence-electron chi connectivity index (χ1n) is 18.6. The van der Waals surface area contributed by atoms with Crippen LogP contribution in [-0.4, -0.2) is 19.6 Å². The van der Waals surface area contributed by atoms with Crippen LogP contribution in [0.15, 0.2) is 152 Å². The number of benzene rings is 6. The van der Waals surface area contributed by atoms with Crippen molar-refractivity contribution >= 4 is 11.0 Å². The van der Waals surface area contributed by atoms with Gasteiger partial charge in [0.15, 0.2) is 0 Å². The maximum absolute atomic E-state index is 12.3. The van der Waals surface area contributed by atoms with E-state index in [-0.39, 0.29) is 45.1 Å². The number of nitrogens with zero attached hydrogens (tertiary/aromatic N) is 3. The van der Waals surface area contributed by atoms with Crippen LogP contribution in [-0.2, 0) is 31.9 Å². The standard InChI is InChI=1S/C50H44N3O.CH4.Pt/c1-49(2,3)38-31-41(47(54)42(32-38)50(4,5)6)48-52-46-40(23-17-26-45(46)53(48)44-25-14-13-22-39(44)34-20-11-8-12-21-34)36-28-35(33-18-9-7-10-19-33)29-37(30-36)43-24-15-16-27-51-43;;/h7-29,31-32,54H,1-6H3;1H4;/q-1;;. The van der Waals surface area contributed by atoms with Gasteiger partial charge in [0.25, 0.3) is 0 Å². The Morgan fingerprint density at radius 2 is 1.20 bits per heavy atom. The second kappa shape index (κ2) is 15.9. The van der Waals surface area contributed by atoms with Crippen LogP contribution in [0.1, 0.15) is 60.1 Å². The van der Waals surface area contributed by atoms with Crippen molar-refractivity contribution in [3.05, 3.63) is 169 Å². The number of phenolic OH excluding ortho intramolecular Hbond substituents is 1. The van der Waals surface area contributed by atoms with Crippen molar-refractivity contribution in [2.24, 2.45) is 0 Å². The molecule has 0 saturated heterocycles. The number of aromatic hydroxyl groups is 1. The average molecular weight is 914 g/mol. The molecule has 2 heterocycles. The number of para-hydroxylation sites is 2. The number of pyridine rings is 1. The minimum Gasteiger partial charge on any atom is -0.507 e. The first-order chi connectivity index (χ1) is 26.0. The average Bonchev–Trinajstić information content (AvgIpc) is 3.57. The number of phenols is 1. The Labute approximate surface area is 346 Å². The maximum atomic E-state index is 12.3. The summed E-state index contributed by atoms with van der Waals surface area (Å²) in [6.45, 7) is 13.1. The summed E-state index contributed by atoms with van der Waals surface area (Å²) >= 11 is 0. The van der Waals surface area contributed by atoms with Crippen LogP contribution >= 0.6 is 0 Å². The zero-order valence-electron chi connectivity index (χ0n) is 32.0. The Morgan fingerprint density at radius 3 is 1.86 bits per heavy atom. The topological polar surface area (TPSA) is 50.9 Å². The molecule has 1 N–H and O–H groups in total. The van der Waals surface area contributed by atoms with Crippen LogP contribution in [0.5, 0.6) is 5.75 Å². The summed E-state index contributed by atoms with van der Waals surface area (Å²) in [6.07, 6.45) is 1.82. The van der Waals surface area contributed by atoms with E-state index in [2.05, 4.69) is 167 Å². The molecular weight excluding hydrogens is 866 g/mol. The molecule has 56 heavy (non-hydrogen) atoms. The normalized spacial score (nSPS) is 11.5. The SMILES string of the molecule is C.CC(C)(C)c1cc(-c2nc3c(-c4[c-]c(-c5ccccn5)cc(-c5ccccc5)c4)cccc3n2-c2ccccc2-c2ccccc2)c(O)c(C(C)(C)C)c1.[Pt]. The number of imidazole rings is 1. The summed E-state index contributed by atoms with van der Waals surface area (Å²) in [7, 11) is 0. The molecule has 0 aliphatic heterocycles. The van der Waals surface area contributed by atoms with E-state index in [4.69, 9.17) is 9.97 Å². The molecule has 0 saturated carbocycles. The van der Waals surface area contributed by atoms with Gasteiger partial charge < -0.3 is 5.11 Å². The summed E-state index contributed by atoms with van der Waals surface area (Å²) < 4.78 is 2.23. The third-order valence-corrected chi connectivity index (χ3v) is 10.1. The molecule has 0 amide bonds. The molecule has 284 valence electrons. The maximum Gasteiger partial charge on any atom is 0.148 e. The van der Waals surface area contributed by atoms with Crippen molar-refractivity contribution in [3.63, 3.8) is 0 Å². The molecule has 0 fully saturated rings. The Bertz CT molecular complexity index is 2560. The van der Waals surface area contributed by atoms with Crippen molar-refractivity contribution in [2.45, 2.75) is 59.8 Å². The van der Waals surface area contributed by atoms with Crippen molar-refractivity contribution in [1.29, 1.82) is 0 Å². The molecule has 6 aromatic carbocycles. The monoisotopic (exact) mass is 913 g/mol. The summed E-state index contributed by atoms with van der Waals surface area (Å²) in [5, 5.41) is 12.3. The molecule has 0 atom stereocenters. The predicted molar refractivity (Wildman–Crippen MR) is 231 cm³/mol. The van der Waals surface area contributed by atoms with Gasteiger partial charge in [0.2, 0.25) is 0 Å². The summed E-state index contributed by atoms with van der Waals surface area (Å²) in [4.78, 5) is 10.3. The van der Waals surface area contributed by atoms with Crippen LogP contribution in [0.25, 0.3) is 72.7 Å². The van der Waals surface area contributed by atoms with Gasteiger partial charge in [0.1, 0.15) is 11.6 Å². The smallest absolute Gasteiger partial charge is 0.148 e. The molecule has 2 aromatic heterocycles. The van der Waals surface area contributed by atoms with Gasteiger partial charge in [-0.1, -0.05) is 175 Å². The summed E-state index contributed by atoms with van der Waals surface area (Å²) in [6, 6.07) is 54.1. The van der Waals surface area contributed by atoms with Gasteiger partial charge in [-0.15, -0.1) is 23.8 Å². The second-order valence-electron chi connectivity index (χ2n) is 16.0. The van der Waals surface area contributed by atoms with Gasteiger partial charge in [-0.25, -0.2) is 4.98 Å². The Kier molecular flexibility index (Phi) is 11.4. The Hall–Kier alpha value is -5.57. The third kappa shape index (κ3) is 7.64. The minimum absolute atomic E-state index is 0. The number of rotatable bonds is 6. The molecule has 0 spiro atoms. The number of aromatic nitrogens is 3.